The lowest BCUT2D eigenvalue weighted by molar-refractivity contribution is 0.408. The Hall–Kier alpha value is -1.05. The van der Waals surface area contributed by atoms with Gasteiger partial charge in [-0.3, -0.25) is 0 Å². The van der Waals surface area contributed by atoms with Gasteiger partial charge < -0.3 is 4.74 Å². The van der Waals surface area contributed by atoms with Crippen LogP contribution in [0, 0.1) is 5.82 Å². The topological polar surface area (TPSA) is 9.23 Å². The normalized spacial score (nSPS) is 10.2. The Morgan fingerprint density at radius 2 is 1.77 bits per heavy atom. The van der Waals surface area contributed by atoms with Crippen molar-refractivity contribution in [2.24, 2.45) is 0 Å². The van der Waals surface area contributed by atoms with Crippen LogP contribution < -0.4 is 4.74 Å². The van der Waals surface area contributed by atoms with E-state index in [1.54, 1.807) is 19.2 Å². The van der Waals surface area contributed by atoms with E-state index in [0.717, 1.165) is 17.7 Å². The van der Waals surface area contributed by atoms with E-state index in [1.165, 1.54) is 0 Å². The van der Waals surface area contributed by atoms with Crippen LogP contribution in [0.4, 0.5) is 4.39 Å². The van der Waals surface area contributed by atoms with E-state index in [0.29, 0.717) is 12.0 Å². The Morgan fingerprint density at radius 3 is 2.23 bits per heavy atom. The maximum atomic E-state index is 13.3. The lowest BCUT2D eigenvalue weighted by Gasteiger charge is -2.09. The highest BCUT2D eigenvalue weighted by Crippen LogP contribution is 2.23. The van der Waals surface area contributed by atoms with Gasteiger partial charge in [0.1, 0.15) is 11.6 Å². The van der Waals surface area contributed by atoms with Crippen LogP contribution in [-0.4, -0.2) is 7.11 Å². The van der Waals surface area contributed by atoms with Gasteiger partial charge in [-0.25, -0.2) is 4.39 Å². The van der Waals surface area contributed by atoms with Gasteiger partial charge in [0.15, 0.2) is 0 Å². The molecule has 0 heterocycles. The number of halogens is 1. The number of benzene rings is 1. The summed E-state index contributed by atoms with van der Waals surface area (Å²) in [6.07, 6.45) is 1.50. The monoisotopic (exact) mass is 182 g/mol. The molecule has 0 fully saturated rings. The van der Waals surface area contributed by atoms with Crippen molar-refractivity contribution < 1.29 is 9.13 Å². The van der Waals surface area contributed by atoms with Crippen LogP contribution in [0.15, 0.2) is 12.1 Å². The van der Waals surface area contributed by atoms with Crippen LogP contribution in [-0.2, 0) is 12.8 Å². The molecule has 0 saturated heterocycles. The second-order valence-electron chi connectivity index (χ2n) is 2.96. The predicted octanol–water partition coefficient (Wildman–Crippen LogP) is 2.96. The minimum Gasteiger partial charge on any atom is -0.496 e. The van der Waals surface area contributed by atoms with Crippen molar-refractivity contribution in [1.82, 2.24) is 0 Å². The number of methoxy groups -OCH3 is 1. The average Bonchev–Trinajstić information content (AvgIpc) is 2.17. The van der Waals surface area contributed by atoms with Crippen LogP contribution in [0.25, 0.3) is 0 Å². The summed E-state index contributed by atoms with van der Waals surface area (Å²) in [4.78, 5) is 0. The minimum atomic E-state index is -0.125. The zero-order valence-electron chi connectivity index (χ0n) is 8.36. The summed E-state index contributed by atoms with van der Waals surface area (Å²) in [5, 5.41) is 0. The largest absolute Gasteiger partial charge is 0.496 e. The predicted molar refractivity (Wildman–Crippen MR) is 51.7 cm³/mol. The third kappa shape index (κ3) is 2.00. The van der Waals surface area contributed by atoms with Gasteiger partial charge in [0.05, 0.1) is 7.11 Å². The van der Waals surface area contributed by atoms with Crippen molar-refractivity contribution in [3.8, 4) is 5.75 Å². The minimum absolute atomic E-state index is 0.125. The number of hydrogen-bond donors (Lipinski definition) is 0. The molecule has 72 valence electrons. The van der Waals surface area contributed by atoms with E-state index in [9.17, 15) is 4.39 Å². The zero-order chi connectivity index (χ0) is 9.84. The van der Waals surface area contributed by atoms with Crippen molar-refractivity contribution >= 4 is 0 Å². The molecule has 0 unspecified atom stereocenters. The summed E-state index contributed by atoms with van der Waals surface area (Å²) in [5.41, 5.74) is 1.64. The first-order valence-corrected chi connectivity index (χ1v) is 4.58. The maximum Gasteiger partial charge on any atom is 0.126 e. The molecule has 0 aromatic heterocycles. The number of aryl methyl sites for hydroxylation is 2. The molecule has 0 amide bonds. The van der Waals surface area contributed by atoms with Gasteiger partial charge in [-0.05, 0) is 36.1 Å². The molecular weight excluding hydrogens is 167 g/mol. The molecule has 0 saturated carbocycles. The molecule has 0 aliphatic carbocycles. The molecule has 2 heteroatoms. The van der Waals surface area contributed by atoms with Crippen LogP contribution in [0.5, 0.6) is 5.75 Å². The first kappa shape index (κ1) is 10.0. The first-order chi connectivity index (χ1) is 6.22. The van der Waals surface area contributed by atoms with Gasteiger partial charge in [0.25, 0.3) is 0 Å². The molecule has 0 N–H and O–H groups in total. The molecule has 0 bridgehead atoms. The van der Waals surface area contributed by atoms with E-state index in [1.807, 2.05) is 13.8 Å². The van der Waals surface area contributed by atoms with Crippen LogP contribution in [0.2, 0.25) is 0 Å². The highest BCUT2D eigenvalue weighted by Gasteiger charge is 2.07. The molecule has 13 heavy (non-hydrogen) atoms. The third-order valence-electron chi connectivity index (χ3n) is 2.21. The van der Waals surface area contributed by atoms with Gasteiger partial charge in [-0.1, -0.05) is 13.8 Å². The fourth-order valence-electron chi connectivity index (χ4n) is 1.37. The van der Waals surface area contributed by atoms with Crippen LogP contribution >= 0.6 is 0 Å². The van der Waals surface area contributed by atoms with Crippen molar-refractivity contribution in [3.05, 3.63) is 29.1 Å². The van der Waals surface area contributed by atoms with Gasteiger partial charge in [-0.2, -0.15) is 0 Å². The highest BCUT2D eigenvalue weighted by atomic mass is 19.1. The van der Waals surface area contributed by atoms with E-state index < -0.39 is 0 Å². The molecule has 1 nitrogen and oxygen atoms in total. The molecule has 0 atom stereocenters. The average molecular weight is 182 g/mol. The van der Waals surface area contributed by atoms with E-state index in [4.69, 9.17) is 4.74 Å². The summed E-state index contributed by atoms with van der Waals surface area (Å²) in [6.45, 7) is 3.92. The molecule has 1 aromatic rings. The molecule has 0 aliphatic rings. The quantitative estimate of drug-likeness (QED) is 0.698. The lowest BCUT2D eigenvalue weighted by atomic mass is 10.1. The second-order valence-corrected chi connectivity index (χ2v) is 2.96. The standard InChI is InChI=1S/C11H15FO/c1-4-8-7-11(13-3)9(5-2)6-10(8)12/h6-7H,4-5H2,1-3H3. The zero-order valence-corrected chi connectivity index (χ0v) is 8.36. The molecule has 1 rings (SSSR count). The van der Waals surface area contributed by atoms with E-state index >= 15 is 0 Å². The van der Waals surface area contributed by atoms with Gasteiger partial charge in [-0.15, -0.1) is 0 Å². The Bertz CT molecular complexity index is 294. The third-order valence-corrected chi connectivity index (χ3v) is 2.21. The first-order valence-electron chi connectivity index (χ1n) is 4.58. The molecule has 1 aromatic carbocycles. The smallest absolute Gasteiger partial charge is 0.126 e. The second kappa shape index (κ2) is 4.26. The Kier molecular flexibility index (Phi) is 3.29. The molecular formula is C11H15FO. The van der Waals surface area contributed by atoms with Crippen LogP contribution in [0.1, 0.15) is 25.0 Å². The van der Waals surface area contributed by atoms with E-state index in [2.05, 4.69) is 0 Å². The van der Waals surface area contributed by atoms with Crippen molar-refractivity contribution in [1.29, 1.82) is 0 Å². The lowest BCUT2D eigenvalue weighted by Crippen LogP contribution is -1.96. The Morgan fingerprint density at radius 1 is 1.15 bits per heavy atom. The molecule has 0 radical (unpaired) electrons. The maximum absolute atomic E-state index is 13.3. The number of hydrogen-bond acceptors (Lipinski definition) is 1. The summed E-state index contributed by atoms with van der Waals surface area (Å²) in [7, 11) is 1.62. The van der Waals surface area contributed by atoms with Crippen molar-refractivity contribution in [3.63, 3.8) is 0 Å². The number of ether oxygens (including phenoxy) is 1. The molecule has 0 aliphatic heterocycles. The van der Waals surface area contributed by atoms with Gasteiger partial charge in [0.2, 0.25) is 0 Å². The SMILES string of the molecule is CCc1cc(OC)c(CC)cc1F. The fraction of sp³-hybridized carbons (Fsp3) is 0.455. The number of rotatable bonds is 3. The van der Waals surface area contributed by atoms with Crippen molar-refractivity contribution in [2.75, 3.05) is 7.11 Å². The van der Waals surface area contributed by atoms with Gasteiger partial charge >= 0.3 is 0 Å². The highest BCUT2D eigenvalue weighted by molar-refractivity contribution is 5.38. The fourth-order valence-corrected chi connectivity index (χ4v) is 1.37. The van der Waals surface area contributed by atoms with Crippen molar-refractivity contribution in [2.45, 2.75) is 26.7 Å². The summed E-state index contributed by atoms with van der Waals surface area (Å²) >= 11 is 0. The Balaban J connectivity index is 3.18. The summed E-state index contributed by atoms with van der Waals surface area (Å²) in [5.74, 6) is 0.668. The van der Waals surface area contributed by atoms with Crippen LogP contribution in [0.3, 0.4) is 0 Å². The van der Waals surface area contributed by atoms with Gasteiger partial charge in [0, 0.05) is 0 Å². The summed E-state index contributed by atoms with van der Waals surface area (Å²) < 4.78 is 18.5. The summed E-state index contributed by atoms with van der Waals surface area (Å²) in [6, 6.07) is 3.35. The molecule has 0 spiro atoms. The Labute approximate surface area is 78.5 Å². The van der Waals surface area contributed by atoms with E-state index in [-0.39, 0.29) is 5.82 Å².